The monoisotopic (exact) mass is 291 g/mol. The molecule has 2 rings (SSSR count). The van der Waals surface area contributed by atoms with Crippen molar-refractivity contribution in [2.45, 2.75) is 13.3 Å². The lowest BCUT2D eigenvalue weighted by atomic mass is 10.1. The van der Waals surface area contributed by atoms with E-state index < -0.39 is 5.97 Å². The number of methoxy groups -OCH3 is 1. The maximum absolute atomic E-state index is 11.7. The molecule has 0 aliphatic carbocycles. The smallest absolute Gasteiger partial charge is 0.340 e. The molecule has 21 heavy (non-hydrogen) atoms. The fourth-order valence-electron chi connectivity index (χ4n) is 2.59. The van der Waals surface area contributed by atoms with Gasteiger partial charge in [0, 0.05) is 33.1 Å². The number of esters is 1. The lowest BCUT2D eigenvalue weighted by Crippen LogP contribution is -2.33. The number of nitrogen functional groups attached to an aromatic ring is 1. The third-order valence-electron chi connectivity index (χ3n) is 3.77. The molecule has 0 bridgehead atoms. The van der Waals surface area contributed by atoms with Gasteiger partial charge in [-0.15, -0.1) is 0 Å². The molecular formula is C15H21N3O3. The van der Waals surface area contributed by atoms with Crippen LogP contribution in [0.3, 0.4) is 0 Å². The number of carbonyl (C=O) groups is 2. The molecule has 1 aliphatic rings. The van der Waals surface area contributed by atoms with E-state index in [9.17, 15) is 9.59 Å². The van der Waals surface area contributed by atoms with Gasteiger partial charge < -0.3 is 20.3 Å². The molecule has 0 unspecified atom stereocenters. The number of carbonyl (C=O) groups excluding carboxylic acids is 2. The van der Waals surface area contributed by atoms with Gasteiger partial charge in [0.15, 0.2) is 0 Å². The number of benzene rings is 1. The number of nitrogens with zero attached hydrogens (tertiary/aromatic N) is 2. The van der Waals surface area contributed by atoms with E-state index in [-0.39, 0.29) is 5.91 Å². The van der Waals surface area contributed by atoms with Crippen molar-refractivity contribution in [2.24, 2.45) is 0 Å². The van der Waals surface area contributed by atoms with Crippen LogP contribution in [0.1, 0.15) is 23.7 Å². The normalized spacial score (nSPS) is 15.5. The molecule has 114 valence electrons. The molecule has 0 spiro atoms. The summed E-state index contributed by atoms with van der Waals surface area (Å²) < 4.78 is 4.74. The predicted octanol–water partition coefficient (Wildman–Crippen LogP) is 1.11. The Labute approximate surface area is 124 Å². The minimum absolute atomic E-state index is 0.0909. The first-order chi connectivity index (χ1) is 10.0. The molecule has 1 aliphatic heterocycles. The SMILES string of the molecule is COC(=O)c1cccc(N2CCCN(C(C)=O)CC2)c1N. The lowest BCUT2D eigenvalue weighted by Gasteiger charge is -2.25. The molecule has 1 saturated heterocycles. The van der Waals surface area contributed by atoms with Crippen LogP contribution in [-0.2, 0) is 9.53 Å². The highest BCUT2D eigenvalue weighted by Gasteiger charge is 2.20. The Kier molecular flexibility index (Phi) is 4.67. The summed E-state index contributed by atoms with van der Waals surface area (Å²) in [5, 5.41) is 0. The van der Waals surface area contributed by atoms with E-state index in [4.69, 9.17) is 10.5 Å². The van der Waals surface area contributed by atoms with Gasteiger partial charge in [0.25, 0.3) is 0 Å². The summed E-state index contributed by atoms with van der Waals surface area (Å²) in [6, 6.07) is 5.35. The van der Waals surface area contributed by atoms with Gasteiger partial charge in [-0.05, 0) is 18.6 Å². The molecule has 0 radical (unpaired) electrons. The van der Waals surface area contributed by atoms with Crippen molar-refractivity contribution in [3.05, 3.63) is 23.8 Å². The number of hydrogen-bond acceptors (Lipinski definition) is 5. The topological polar surface area (TPSA) is 75.9 Å². The van der Waals surface area contributed by atoms with Gasteiger partial charge >= 0.3 is 5.97 Å². The van der Waals surface area contributed by atoms with E-state index in [0.29, 0.717) is 24.3 Å². The molecule has 0 saturated carbocycles. The van der Waals surface area contributed by atoms with Crippen LogP contribution in [0.15, 0.2) is 18.2 Å². The predicted molar refractivity (Wildman–Crippen MR) is 81.3 cm³/mol. The van der Waals surface area contributed by atoms with E-state index in [2.05, 4.69) is 4.90 Å². The Bertz CT molecular complexity index is 545. The number of anilines is 2. The molecule has 0 aromatic heterocycles. The van der Waals surface area contributed by atoms with Crippen LogP contribution in [0.25, 0.3) is 0 Å². The Morgan fingerprint density at radius 3 is 2.62 bits per heavy atom. The first-order valence-corrected chi connectivity index (χ1v) is 7.02. The van der Waals surface area contributed by atoms with Crippen molar-refractivity contribution in [1.82, 2.24) is 4.90 Å². The number of ether oxygens (including phenoxy) is 1. The molecule has 1 aromatic carbocycles. The second-order valence-electron chi connectivity index (χ2n) is 5.08. The fourth-order valence-corrected chi connectivity index (χ4v) is 2.59. The van der Waals surface area contributed by atoms with Crippen molar-refractivity contribution in [3.8, 4) is 0 Å². The zero-order chi connectivity index (χ0) is 15.4. The van der Waals surface area contributed by atoms with E-state index >= 15 is 0 Å². The largest absolute Gasteiger partial charge is 0.465 e. The number of amides is 1. The minimum Gasteiger partial charge on any atom is -0.465 e. The highest BCUT2D eigenvalue weighted by molar-refractivity contribution is 5.98. The van der Waals surface area contributed by atoms with Crippen LogP contribution in [0, 0.1) is 0 Å². The van der Waals surface area contributed by atoms with Gasteiger partial charge in [-0.3, -0.25) is 4.79 Å². The van der Waals surface area contributed by atoms with Crippen molar-refractivity contribution < 1.29 is 14.3 Å². The molecule has 0 atom stereocenters. The highest BCUT2D eigenvalue weighted by atomic mass is 16.5. The van der Waals surface area contributed by atoms with Crippen LogP contribution in [0.4, 0.5) is 11.4 Å². The zero-order valence-corrected chi connectivity index (χ0v) is 12.5. The van der Waals surface area contributed by atoms with Crippen molar-refractivity contribution in [2.75, 3.05) is 43.9 Å². The number of rotatable bonds is 2. The van der Waals surface area contributed by atoms with E-state index in [1.807, 2.05) is 11.0 Å². The van der Waals surface area contributed by atoms with E-state index in [0.717, 1.165) is 25.2 Å². The number of nitrogens with two attached hydrogens (primary N) is 1. The maximum Gasteiger partial charge on any atom is 0.340 e. The highest BCUT2D eigenvalue weighted by Crippen LogP contribution is 2.28. The molecule has 6 nitrogen and oxygen atoms in total. The van der Waals surface area contributed by atoms with Gasteiger partial charge in [0.2, 0.25) is 5.91 Å². The summed E-state index contributed by atoms with van der Waals surface area (Å²) in [5.41, 5.74) is 7.74. The standard InChI is InChI=1S/C15H21N3O3/c1-11(19)17-7-4-8-18(10-9-17)13-6-3-5-12(14(13)16)15(20)21-2/h3,5-6H,4,7-10,16H2,1-2H3. The fraction of sp³-hybridized carbons (Fsp3) is 0.467. The summed E-state index contributed by atoms with van der Waals surface area (Å²) in [6.45, 7) is 4.51. The number of hydrogen-bond donors (Lipinski definition) is 1. The Morgan fingerprint density at radius 1 is 1.19 bits per heavy atom. The third-order valence-corrected chi connectivity index (χ3v) is 3.77. The first-order valence-electron chi connectivity index (χ1n) is 7.02. The van der Waals surface area contributed by atoms with Crippen LogP contribution >= 0.6 is 0 Å². The van der Waals surface area contributed by atoms with Gasteiger partial charge in [-0.2, -0.15) is 0 Å². The van der Waals surface area contributed by atoms with Gasteiger partial charge in [0.05, 0.1) is 24.0 Å². The van der Waals surface area contributed by atoms with Gasteiger partial charge in [-0.25, -0.2) is 4.79 Å². The van der Waals surface area contributed by atoms with Gasteiger partial charge in [0.1, 0.15) is 0 Å². The maximum atomic E-state index is 11.7. The van der Waals surface area contributed by atoms with E-state index in [1.54, 1.807) is 19.1 Å². The van der Waals surface area contributed by atoms with Crippen molar-refractivity contribution in [3.63, 3.8) is 0 Å². The van der Waals surface area contributed by atoms with Crippen LogP contribution in [0.5, 0.6) is 0 Å². The second kappa shape index (κ2) is 6.47. The van der Waals surface area contributed by atoms with Crippen molar-refractivity contribution in [1.29, 1.82) is 0 Å². The summed E-state index contributed by atoms with van der Waals surface area (Å²) in [6.07, 6.45) is 0.876. The second-order valence-corrected chi connectivity index (χ2v) is 5.08. The van der Waals surface area contributed by atoms with Crippen LogP contribution in [0.2, 0.25) is 0 Å². The molecule has 1 fully saturated rings. The zero-order valence-electron chi connectivity index (χ0n) is 12.5. The number of para-hydroxylation sites is 1. The Hall–Kier alpha value is -2.24. The van der Waals surface area contributed by atoms with Crippen LogP contribution < -0.4 is 10.6 Å². The molecule has 2 N–H and O–H groups in total. The molecule has 1 heterocycles. The molecule has 1 amide bonds. The van der Waals surface area contributed by atoms with Gasteiger partial charge in [-0.1, -0.05) is 6.07 Å². The molecular weight excluding hydrogens is 270 g/mol. The Balaban J connectivity index is 2.22. The summed E-state index contributed by atoms with van der Waals surface area (Å²) in [5.74, 6) is -0.345. The first kappa shape index (κ1) is 15.2. The van der Waals surface area contributed by atoms with Crippen molar-refractivity contribution >= 4 is 23.3 Å². The minimum atomic E-state index is -0.436. The summed E-state index contributed by atoms with van der Waals surface area (Å²) >= 11 is 0. The summed E-state index contributed by atoms with van der Waals surface area (Å²) in [7, 11) is 1.34. The summed E-state index contributed by atoms with van der Waals surface area (Å²) in [4.78, 5) is 27.1. The average molecular weight is 291 g/mol. The molecule has 1 aromatic rings. The average Bonchev–Trinajstić information content (AvgIpc) is 2.72. The third kappa shape index (κ3) is 3.26. The molecule has 6 heteroatoms. The van der Waals surface area contributed by atoms with Crippen LogP contribution in [-0.4, -0.2) is 50.1 Å². The Morgan fingerprint density at radius 2 is 1.95 bits per heavy atom. The van der Waals surface area contributed by atoms with E-state index in [1.165, 1.54) is 7.11 Å². The lowest BCUT2D eigenvalue weighted by molar-refractivity contribution is -0.128. The quantitative estimate of drug-likeness (QED) is 0.652.